The summed E-state index contributed by atoms with van der Waals surface area (Å²) in [7, 11) is 0. The minimum Gasteiger partial charge on any atom is -0.176 e. The number of thiol groups is 2. The summed E-state index contributed by atoms with van der Waals surface area (Å²) in [6.07, 6.45) is 2.05. The molecule has 0 aromatic carbocycles. The molecule has 0 nitrogen and oxygen atoms in total. The monoisotopic (exact) mass is 148 g/mol. The van der Waals surface area contributed by atoms with Gasteiger partial charge in [-0.2, -0.15) is 12.6 Å². The van der Waals surface area contributed by atoms with Gasteiger partial charge in [0.05, 0.1) is 0 Å². The highest BCUT2D eigenvalue weighted by molar-refractivity contribution is 7.84. The SMILES string of the molecule is C=C(S)CCC(C)S. The Kier molecular flexibility index (Phi) is 4.57. The molecule has 0 aromatic heterocycles. The van der Waals surface area contributed by atoms with Gasteiger partial charge in [-0.15, -0.1) is 12.6 Å². The second-order valence-electron chi connectivity index (χ2n) is 1.95. The molecule has 0 aliphatic carbocycles. The van der Waals surface area contributed by atoms with Crippen LogP contribution in [-0.2, 0) is 0 Å². The summed E-state index contributed by atoms with van der Waals surface area (Å²) in [5, 5.41) is 0.471. The van der Waals surface area contributed by atoms with Gasteiger partial charge in [0.15, 0.2) is 0 Å². The Labute approximate surface area is 62.2 Å². The molecule has 8 heavy (non-hydrogen) atoms. The molecule has 0 aliphatic rings. The molecule has 0 N–H and O–H groups in total. The van der Waals surface area contributed by atoms with Crippen LogP contribution >= 0.6 is 25.3 Å². The normalized spacial score (nSPS) is 13.4. The third-order valence-corrected chi connectivity index (χ3v) is 1.33. The zero-order chi connectivity index (χ0) is 6.57. The van der Waals surface area contributed by atoms with Crippen molar-refractivity contribution in [1.82, 2.24) is 0 Å². The Morgan fingerprint density at radius 3 is 2.38 bits per heavy atom. The van der Waals surface area contributed by atoms with Crippen LogP contribution in [-0.4, -0.2) is 5.25 Å². The second-order valence-corrected chi connectivity index (χ2v) is 3.47. The fourth-order valence-corrected chi connectivity index (χ4v) is 0.634. The molecule has 0 heterocycles. The Bertz CT molecular complexity index is 76.6. The van der Waals surface area contributed by atoms with Crippen molar-refractivity contribution in [3.63, 3.8) is 0 Å². The topological polar surface area (TPSA) is 0 Å². The molecule has 0 spiro atoms. The Morgan fingerprint density at radius 1 is 1.75 bits per heavy atom. The summed E-state index contributed by atoms with van der Waals surface area (Å²) in [6.45, 7) is 5.73. The van der Waals surface area contributed by atoms with Crippen LogP contribution in [0.5, 0.6) is 0 Å². The summed E-state index contributed by atoms with van der Waals surface area (Å²) in [6, 6.07) is 0. The van der Waals surface area contributed by atoms with Gasteiger partial charge in [0, 0.05) is 0 Å². The van der Waals surface area contributed by atoms with E-state index in [1.54, 1.807) is 0 Å². The molecule has 0 saturated carbocycles. The van der Waals surface area contributed by atoms with Crippen molar-refractivity contribution < 1.29 is 0 Å². The van der Waals surface area contributed by atoms with E-state index < -0.39 is 0 Å². The first kappa shape index (κ1) is 8.44. The van der Waals surface area contributed by atoms with Crippen LogP contribution in [0.3, 0.4) is 0 Å². The molecule has 0 radical (unpaired) electrons. The Morgan fingerprint density at radius 2 is 2.25 bits per heavy atom. The Hall–Kier alpha value is 0.440. The maximum Gasteiger partial charge on any atom is -0.000824 e. The van der Waals surface area contributed by atoms with Gasteiger partial charge in [-0.05, 0) is 23.0 Å². The molecule has 1 unspecified atom stereocenters. The predicted octanol–water partition coefficient (Wildman–Crippen LogP) is 2.53. The average molecular weight is 148 g/mol. The highest BCUT2D eigenvalue weighted by Crippen LogP contribution is 2.10. The number of hydrogen-bond acceptors (Lipinski definition) is 2. The minimum atomic E-state index is 0.471. The molecule has 48 valence electrons. The van der Waals surface area contributed by atoms with E-state index in [1.807, 2.05) is 0 Å². The smallest absolute Gasteiger partial charge is 0.000824 e. The van der Waals surface area contributed by atoms with Gasteiger partial charge in [0.1, 0.15) is 0 Å². The van der Waals surface area contributed by atoms with Gasteiger partial charge in [0.2, 0.25) is 0 Å². The van der Waals surface area contributed by atoms with Gasteiger partial charge < -0.3 is 0 Å². The third-order valence-electron chi connectivity index (χ3n) is 0.851. The van der Waals surface area contributed by atoms with Crippen molar-refractivity contribution in [1.29, 1.82) is 0 Å². The van der Waals surface area contributed by atoms with E-state index in [2.05, 4.69) is 38.8 Å². The maximum absolute atomic E-state index is 4.20. The van der Waals surface area contributed by atoms with Crippen molar-refractivity contribution in [2.45, 2.75) is 25.0 Å². The van der Waals surface area contributed by atoms with E-state index in [1.165, 1.54) is 0 Å². The van der Waals surface area contributed by atoms with Crippen molar-refractivity contribution in [2.75, 3.05) is 0 Å². The van der Waals surface area contributed by atoms with Crippen molar-refractivity contribution in [2.24, 2.45) is 0 Å². The van der Waals surface area contributed by atoms with E-state index >= 15 is 0 Å². The number of allylic oxidation sites excluding steroid dienone is 1. The van der Waals surface area contributed by atoms with Crippen LogP contribution in [0.4, 0.5) is 0 Å². The first-order chi connectivity index (χ1) is 3.63. The fourth-order valence-electron chi connectivity index (χ4n) is 0.375. The molecule has 0 fully saturated rings. The van der Waals surface area contributed by atoms with Crippen LogP contribution < -0.4 is 0 Å². The van der Waals surface area contributed by atoms with Gasteiger partial charge in [0.25, 0.3) is 0 Å². The van der Waals surface area contributed by atoms with Crippen LogP contribution in [0.25, 0.3) is 0 Å². The van der Waals surface area contributed by atoms with E-state index in [0.717, 1.165) is 17.7 Å². The maximum atomic E-state index is 4.20. The van der Waals surface area contributed by atoms with E-state index in [9.17, 15) is 0 Å². The van der Waals surface area contributed by atoms with Crippen LogP contribution in [0.2, 0.25) is 0 Å². The third kappa shape index (κ3) is 6.44. The molecule has 0 aromatic rings. The zero-order valence-corrected chi connectivity index (χ0v) is 6.88. The molecular weight excluding hydrogens is 136 g/mol. The van der Waals surface area contributed by atoms with Gasteiger partial charge >= 0.3 is 0 Å². The molecule has 0 saturated heterocycles. The lowest BCUT2D eigenvalue weighted by Gasteiger charge is -2.00. The van der Waals surface area contributed by atoms with E-state index in [4.69, 9.17) is 0 Å². The summed E-state index contributed by atoms with van der Waals surface area (Å²) >= 11 is 8.24. The van der Waals surface area contributed by atoms with Crippen molar-refractivity contribution >= 4 is 25.3 Å². The largest absolute Gasteiger partial charge is 0.176 e. The lowest BCUT2D eigenvalue weighted by molar-refractivity contribution is 0.833. The van der Waals surface area contributed by atoms with E-state index in [-0.39, 0.29) is 0 Å². The van der Waals surface area contributed by atoms with Gasteiger partial charge in [-0.3, -0.25) is 0 Å². The summed E-state index contributed by atoms with van der Waals surface area (Å²) in [5.41, 5.74) is 0. The van der Waals surface area contributed by atoms with Crippen molar-refractivity contribution in [3.05, 3.63) is 11.5 Å². The van der Waals surface area contributed by atoms with Crippen LogP contribution in [0, 0.1) is 0 Å². The molecule has 0 bridgehead atoms. The first-order valence-corrected chi connectivity index (χ1v) is 3.64. The van der Waals surface area contributed by atoms with Crippen molar-refractivity contribution in [3.8, 4) is 0 Å². The van der Waals surface area contributed by atoms with Crippen LogP contribution in [0.15, 0.2) is 11.5 Å². The standard InChI is InChI=1S/C6H12S2/c1-5(7)3-4-6(2)8/h6-8H,1,3-4H2,2H3. The summed E-state index contributed by atoms with van der Waals surface area (Å²) < 4.78 is 0. The average Bonchev–Trinajstić information content (AvgIpc) is 1.61. The summed E-state index contributed by atoms with van der Waals surface area (Å²) in [5.74, 6) is 0. The predicted molar refractivity (Wildman–Crippen MR) is 45.8 cm³/mol. The quantitative estimate of drug-likeness (QED) is 0.565. The molecule has 2 heteroatoms. The Balaban J connectivity index is 3.05. The van der Waals surface area contributed by atoms with E-state index in [0.29, 0.717) is 5.25 Å². The summed E-state index contributed by atoms with van der Waals surface area (Å²) in [4.78, 5) is 0.950. The van der Waals surface area contributed by atoms with Gasteiger partial charge in [-0.1, -0.05) is 13.5 Å². The molecule has 0 amide bonds. The molecule has 1 atom stereocenters. The van der Waals surface area contributed by atoms with Gasteiger partial charge in [-0.25, -0.2) is 0 Å². The highest BCUT2D eigenvalue weighted by Gasteiger charge is 1.92. The number of rotatable bonds is 3. The first-order valence-electron chi connectivity index (χ1n) is 2.67. The highest BCUT2D eigenvalue weighted by atomic mass is 32.1. The molecule has 0 aliphatic heterocycles. The van der Waals surface area contributed by atoms with Crippen LogP contribution in [0.1, 0.15) is 19.8 Å². The lowest BCUT2D eigenvalue weighted by atomic mass is 10.2. The zero-order valence-electron chi connectivity index (χ0n) is 5.09. The second kappa shape index (κ2) is 4.33. The fraction of sp³-hybridized carbons (Fsp3) is 0.667. The molecular formula is C6H12S2. The lowest BCUT2D eigenvalue weighted by Crippen LogP contribution is -1.88. The minimum absolute atomic E-state index is 0.471. The number of hydrogen-bond donors (Lipinski definition) is 2. The molecule has 0 rings (SSSR count).